The van der Waals surface area contributed by atoms with Crippen LogP contribution in [0.4, 0.5) is 5.69 Å². The maximum atomic E-state index is 12.5. The molecule has 0 spiro atoms. The molecule has 0 heterocycles. The first-order valence-corrected chi connectivity index (χ1v) is 9.02. The lowest BCUT2D eigenvalue weighted by Crippen LogP contribution is -2.36. The predicted octanol–water partition coefficient (Wildman–Crippen LogP) is 4.01. The van der Waals surface area contributed by atoms with E-state index in [1.54, 1.807) is 43.5 Å². The van der Waals surface area contributed by atoms with Gasteiger partial charge < -0.3 is 15.4 Å². The molecule has 0 atom stereocenters. The highest BCUT2D eigenvalue weighted by Crippen LogP contribution is 2.24. The van der Waals surface area contributed by atoms with E-state index < -0.39 is 0 Å². The summed E-state index contributed by atoms with van der Waals surface area (Å²) in [5, 5.41) is 5.91. The van der Waals surface area contributed by atoms with Gasteiger partial charge in [-0.25, -0.2) is 0 Å². The van der Waals surface area contributed by atoms with Gasteiger partial charge in [-0.2, -0.15) is 0 Å². The molecule has 1 fully saturated rings. The zero-order valence-electron chi connectivity index (χ0n) is 15.0. The second-order valence-corrected chi connectivity index (χ2v) is 6.54. The molecule has 0 aliphatic heterocycles. The molecule has 1 aliphatic rings. The van der Waals surface area contributed by atoms with Crippen LogP contribution in [0.15, 0.2) is 48.5 Å². The van der Waals surface area contributed by atoms with Crippen molar-refractivity contribution in [2.24, 2.45) is 0 Å². The quantitative estimate of drug-likeness (QED) is 0.854. The van der Waals surface area contributed by atoms with Gasteiger partial charge in [-0.15, -0.1) is 0 Å². The molecule has 2 N–H and O–H groups in total. The van der Waals surface area contributed by atoms with Gasteiger partial charge in [-0.1, -0.05) is 37.5 Å². The van der Waals surface area contributed by atoms with Gasteiger partial charge in [0.15, 0.2) is 0 Å². The highest BCUT2D eigenvalue weighted by Gasteiger charge is 2.17. The summed E-state index contributed by atoms with van der Waals surface area (Å²) in [6, 6.07) is 14.2. The van der Waals surface area contributed by atoms with Crippen LogP contribution < -0.4 is 15.4 Å². The van der Waals surface area contributed by atoms with Gasteiger partial charge in [0, 0.05) is 17.2 Å². The maximum Gasteiger partial charge on any atom is 0.255 e. The topological polar surface area (TPSA) is 67.4 Å². The van der Waals surface area contributed by atoms with Crippen molar-refractivity contribution < 1.29 is 14.3 Å². The predicted molar refractivity (Wildman–Crippen MR) is 102 cm³/mol. The fourth-order valence-corrected chi connectivity index (χ4v) is 3.26. The van der Waals surface area contributed by atoms with Crippen molar-refractivity contribution in [3.63, 3.8) is 0 Å². The lowest BCUT2D eigenvalue weighted by Gasteiger charge is -2.22. The van der Waals surface area contributed by atoms with Crippen molar-refractivity contribution in [3.8, 4) is 5.75 Å². The van der Waals surface area contributed by atoms with Crippen LogP contribution in [0.3, 0.4) is 0 Å². The molecule has 0 unspecified atom stereocenters. The largest absolute Gasteiger partial charge is 0.495 e. The van der Waals surface area contributed by atoms with E-state index in [0.717, 1.165) is 25.7 Å². The first-order chi connectivity index (χ1) is 12.7. The summed E-state index contributed by atoms with van der Waals surface area (Å²) >= 11 is 0. The number of anilines is 1. The Morgan fingerprint density at radius 1 is 0.923 bits per heavy atom. The zero-order valence-corrected chi connectivity index (χ0v) is 15.0. The average molecular weight is 352 g/mol. The molecular weight excluding hydrogens is 328 g/mol. The van der Waals surface area contributed by atoms with Gasteiger partial charge in [0.05, 0.1) is 12.8 Å². The monoisotopic (exact) mass is 352 g/mol. The van der Waals surface area contributed by atoms with E-state index in [0.29, 0.717) is 22.6 Å². The summed E-state index contributed by atoms with van der Waals surface area (Å²) in [6.07, 6.45) is 5.61. The molecule has 5 nitrogen and oxygen atoms in total. The summed E-state index contributed by atoms with van der Waals surface area (Å²) in [4.78, 5) is 25.0. The Labute approximate surface area is 153 Å². The molecule has 0 radical (unpaired) electrons. The van der Waals surface area contributed by atoms with E-state index in [9.17, 15) is 9.59 Å². The SMILES string of the molecule is COc1ccccc1NC(=O)c1cccc(C(=O)NC2CCCCC2)c1. The first kappa shape index (κ1) is 18.0. The Bertz CT molecular complexity index is 782. The number of hydrogen-bond acceptors (Lipinski definition) is 3. The molecule has 136 valence electrons. The number of rotatable bonds is 5. The Kier molecular flexibility index (Phi) is 5.89. The minimum Gasteiger partial charge on any atom is -0.495 e. The molecule has 26 heavy (non-hydrogen) atoms. The number of ether oxygens (including phenoxy) is 1. The van der Waals surface area contributed by atoms with E-state index >= 15 is 0 Å². The summed E-state index contributed by atoms with van der Waals surface area (Å²) in [5.41, 5.74) is 1.53. The van der Waals surface area contributed by atoms with Crippen molar-refractivity contribution in [3.05, 3.63) is 59.7 Å². The third kappa shape index (κ3) is 4.42. The standard InChI is InChI=1S/C21H24N2O3/c1-26-19-13-6-5-12-18(19)23-21(25)16-9-7-8-15(14-16)20(24)22-17-10-3-2-4-11-17/h5-9,12-14,17H,2-4,10-11H2,1H3,(H,22,24)(H,23,25). The molecule has 0 aromatic heterocycles. The van der Waals surface area contributed by atoms with E-state index in [1.807, 2.05) is 12.1 Å². The van der Waals surface area contributed by atoms with Crippen LogP contribution in [0.5, 0.6) is 5.75 Å². The Morgan fingerprint density at radius 2 is 1.62 bits per heavy atom. The number of methoxy groups -OCH3 is 1. The summed E-state index contributed by atoms with van der Waals surface area (Å²) < 4.78 is 5.25. The fraction of sp³-hybridized carbons (Fsp3) is 0.333. The maximum absolute atomic E-state index is 12.5. The van der Waals surface area contributed by atoms with Gasteiger partial charge in [0.1, 0.15) is 5.75 Å². The third-order valence-corrected chi connectivity index (χ3v) is 4.68. The molecule has 0 bridgehead atoms. The fourth-order valence-electron chi connectivity index (χ4n) is 3.26. The molecular formula is C21H24N2O3. The lowest BCUT2D eigenvalue weighted by molar-refractivity contribution is 0.0927. The smallest absolute Gasteiger partial charge is 0.255 e. The molecule has 2 amide bonds. The van der Waals surface area contributed by atoms with Crippen molar-refractivity contribution in [2.45, 2.75) is 38.1 Å². The van der Waals surface area contributed by atoms with Crippen molar-refractivity contribution >= 4 is 17.5 Å². The summed E-state index contributed by atoms with van der Waals surface area (Å²) in [7, 11) is 1.56. The van der Waals surface area contributed by atoms with Crippen molar-refractivity contribution in [1.29, 1.82) is 0 Å². The summed E-state index contributed by atoms with van der Waals surface area (Å²) in [5.74, 6) is 0.192. The van der Waals surface area contributed by atoms with E-state index in [2.05, 4.69) is 10.6 Å². The molecule has 1 saturated carbocycles. The van der Waals surface area contributed by atoms with Gasteiger partial charge in [0.25, 0.3) is 11.8 Å². The van der Waals surface area contributed by atoms with E-state index in [-0.39, 0.29) is 17.9 Å². The highest BCUT2D eigenvalue weighted by atomic mass is 16.5. The van der Waals surface area contributed by atoms with Crippen LogP contribution in [0.2, 0.25) is 0 Å². The van der Waals surface area contributed by atoms with Gasteiger partial charge in [-0.05, 0) is 43.2 Å². The van der Waals surface area contributed by atoms with Crippen LogP contribution >= 0.6 is 0 Å². The Morgan fingerprint density at radius 3 is 2.35 bits per heavy atom. The van der Waals surface area contributed by atoms with Crippen LogP contribution in [0, 0.1) is 0 Å². The third-order valence-electron chi connectivity index (χ3n) is 4.68. The van der Waals surface area contributed by atoms with Crippen LogP contribution in [-0.4, -0.2) is 25.0 Å². The molecule has 3 rings (SSSR count). The van der Waals surface area contributed by atoms with Crippen molar-refractivity contribution in [2.75, 3.05) is 12.4 Å². The number of amides is 2. The Hall–Kier alpha value is -2.82. The minimum absolute atomic E-state index is 0.121. The second-order valence-electron chi connectivity index (χ2n) is 6.54. The molecule has 2 aromatic carbocycles. The molecule has 5 heteroatoms. The number of para-hydroxylation sites is 2. The van der Waals surface area contributed by atoms with Gasteiger partial charge in [0.2, 0.25) is 0 Å². The summed E-state index contributed by atoms with van der Waals surface area (Å²) in [6.45, 7) is 0. The van der Waals surface area contributed by atoms with Crippen molar-refractivity contribution in [1.82, 2.24) is 5.32 Å². The van der Waals surface area contributed by atoms with Crippen LogP contribution in [0.25, 0.3) is 0 Å². The van der Waals surface area contributed by atoms with Gasteiger partial charge >= 0.3 is 0 Å². The molecule has 0 saturated heterocycles. The molecule has 1 aliphatic carbocycles. The second kappa shape index (κ2) is 8.52. The lowest BCUT2D eigenvalue weighted by atomic mass is 9.95. The normalized spacial score (nSPS) is 14.5. The minimum atomic E-state index is -0.276. The number of hydrogen-bond donors (Lipinski definition) is 2. The van der Waals surface area contributed by atoms with Crippen LogP contribution in [-0.2, 0) is 0 Å². The number of carbonyl (C=O) groups excluding carboxylic acids is 2. The highest BCUT2D eigenvalue weighted by molar-refractivity contribution is 6.06. The number of benzene rings is 2. The van der Waals surface area contributed by atoms with Crippen LogP contribution in [0.1, 0.15) is 52.8 Å². The van der Waals surface area contributed by atoms with Gasteiger partial charge in [-0.3, -0.25) is 9.59 Å². The average Bonchev–Trinajstić information content (AvgIpc) is 2.69. The first-order valence-electron chi connectivity index (χ1n) is 9.02. The number of carbonyl (C=O) groups is 2. The Balaban J connectivity index is 1.69. The number of nitrogens with one attached hydrogen (secondary N) is 2. The van der Waals surface area contributed by atoms with E-state index in [1.165, 1.54) is 6.42 Å². The molecule has 2 aromatic rings. The van der Waals surface area contributed by atoms with E-state index in [4.69, 9.17) is 4.74 Å². The zero-order chi connectivity index (χ0) is 18.4.